The Balaban J connectivity index is 2.24. The van der Waals surface area contributed by atoms with Crippen LogP contribution in [0.2, 0.25) is 0 Å². The Morgan fingerprint density at radius 3 is 0.906 bits per heavy atom. The summed E-state index contributed by atoms with van der Waals surface area (Å²) in [5.74, 6) is 1.63. The molecule has 0 N–H and O–H groups in total. The molecule has 0 radical (unpaired) electrons. The van der Waals surface area contributed by atoms with Gasteiger partial charge in [-0.05, 0) is 32.1 Å². The third-order valence-electron chi connectivity index (χ3n) is 12.3. The molecule has 0 aromatic carbocycles. The molecule has 0 aliphatic rings. The normalized spacial score (nSPS) is 11.7. The van der Waals surface area contributed by atoms with E-state index in [1.807, 2.05) is 0 Å². The Bertz CT molecular complexity index is 811. The van der Waals surface area contributed by atoms with Crippen LogP contribution < -0.4 is 4.57 Å². The fourth-order valence-corrected chi connectivity index (χ4v) is 8.62. The molecular formula is C51H101N2+. The van der Waals surface area contributed by atoms with Gasteiger partial charge in [-0.15, -0.1) is 0 Å². The molecule has 0 bridgehead atoms. The Morgan fingerprint density at radius 2 is 0.585 bits per heavy atom. The molecule has 2 nitrogen and oxygen atoms in total. The maximum Gasteiger partial charge on any atom is 0.256 e. The van der Waals surface area contributed by atoms with Crippen molar-refractivity contribution in [2.24, 2.45) is 0 Å². The first kappa shape index (κ1) is 50.2. The number of hydrogen-bond acceptors (Lipinski definition) is 0. The smallest absolute Gasteiger partial charge is 0.234 e. The summed E-state index contributed by atoms with van der Waals surface area (Å²) in [6.07, 6.45) is 66.8. The van der Waals surface area contributed by atoms with Gasteiger partial charge in [-0.3, -0.25) is 0 Å². The van der Waals surface area contributed by atoms with Crippen molar-refractivity contribution in [1.29, 1.82) is 0 Å². The molecule has 0 amide bonds. The van der Waals surface area contributed by atoms with Crippen LogP contribution in [0.3, 0.4) is 0 Å². The molecular weight excluding hydrogens is 641 g/mol. The fraction of sp³-hybridized carbons (Fsp3) is 0.941. The van der Waals surface area contributed by atoms with Gasteiger partial charge in [0.2, 0.25) is 0 Å². The largest absolute Gasteiger partial charge is 0.256 e. The highest BCUT2D eigenvalue weighted by Crippen LogP contribution is 2.17. The van der Waals surface area contributed by atoms with Crippen LogP contribution >= 0.6 is 0 Å². The number of imidazole rings is 1. The van der Waals surface area contributed by atoms with E-state index in [1.165, 1.54) is 289 Å². The Morgan fingerprint density at radius 1 is 0.321 bits per heavy atom. The van der Waals surface area contributed by atoms with Gasteiger partial charge in [0.15, 0.2) is 0 Å². The molecule has 0 saturated heterocycles. The lowest BCUT2D eigenvalue weighted by atomic mass is 10.0. The molecule has 53 heavy (non-hydrogen) atoms. The van der Waals surface area contributed by atoms with E-state index in [9.17, 15) is 0 Å². The second-order valence-electron chi connectivity index (χ2n) is 17.6. The van der Waals surface area contributed by atoms with E-state index in [4.69, 9.17) is 0 Å². The van der Waals surface area contributed by atoms with Crippen molar-refractivity contribution >= 4 is 0 Å². The minimum absolute atomic E-state index is 1.23. The molecule has 0 atom stereocenters. The zero-order valence-electron chi connectivity index (χ0n) is 37.4. The molecule has 314 valence electrons. The van der Waals surface area contributed by atoms with Gasteiger partial charge in [-0.1, -0.05) is 258 Å². The molecule has 1 aromatic rings. The fourth-order valence-electron chi connectivity index (χ4n) is 8.62. The zero-order valence-corrected chi connectivity index (χ0v) is 37.4. The Labute approximate surface area is 336 Å². The first-order valence-electron chi connectivity index (χ1n) is 25.4. The number of hydrogen-bond donors (Lipinski definition) is 0. The van der Waals surface area contributed by atoms with Crippen LogP contribution in [0, 0.1) is 0 Å². The van der Waals surface area contributed by atoms with E-state index < -0.39 is 0 Å². The van der Waals surface area contributed by atoms with Gasteiger partial charge in [0.05, 0.1) is 13.1 Å². The van der Waals surface area contributed by atoms with Gasteiger partial charge in [0.25, 0.3) is 5.82 Å². The van der Waals surface area contributed by atoms with Gasteiger partial charge >= 0.3 is 0 Å². The van der Waals surface area contributed by atoms with Crippen molar-refractivity contribution in [1.82, 2.24) is 4.57 Å². The molecule has 0 aliphatic carbocycles. The number of unbranched alkanes of at least 4 members (excludes halogenated alkanes) is 39. The van der Waals surface area contributed by atoms with Crippen molar-refractivity contribution in [3.05, 3.63) is 18.2 Å². The lowest BCUT2D eigenvalue weighted by Crippen LogP contribution is -2.37. The van der Waals surface area contributed by atoms with Crippen LogP contribution in [0.5, 0.6) is 0 Å². The minimum atomic E-state index is 1.23. The summed E-state index contributed by atoms with van der Waals surface area (Å²) in [6, 6.07) is 0. The van der Waals surface area contributed by atoms with Crippen molar-refractivity contribution < 1.29 is 4.57 Å². The third-order valence-corrected chi connectivity index (χ3v) is 12.3. The molecule has 0 fully saturated rings. The van der Waals surface area contributed by atoms with E-state index in [2.05, 4.69) is 42.3 Å². The summed E-state index contributed by atoms with van der Waals surface area (Å²) in [6.45, 7) is 9.42. The summed E-state index contributed by atoms with van der Waals surface area (Å²) < 4.78 is 5.32. The molecule has 0 spiro atoms. The van der Waals surface area contributed by atoms with Crippen molar-refractivity contribution in [3.63, 3.8) is 0 Å². The second kappa shape index (κ2) is 42.4. The van der Waals surface area contributed by atoms with Crippen LogP contribution in [0.15, 0.2) is 12.4 Å². The number of aryl methyl sites for hydroxylation is 2. The molecule has 0 aliphatic heterocycles. The summed E-state index contributed by atoms with van der Waals surface area (Å²) in [5.41, 5.74) is 0. The lowest BCUT2D eigenvalue weighted by molar-refractivity contribution is -0.704. The highest BCUT2D eigenvalue weighted by molar-refractivity contribution is 4.84. The minimum Gasteiger partial charge on any atom is -0.234 e. The number of nitrogens with zero attached hydrogens (tertiary/aromatic N) is 2. The van der Waals surface area contributed by atoms with Crippen LogP contribution in [0.25, 0.3) is 0 Å². The van der Waals surface area contributed by atoms with E-state index >= 15 is 0 Å². The number of rotatable bonds is 45. The molecule has 0 unspecified atom stereocenters. The monoisotopic (exact) mass is 742 g/mol. The van der Waals surface area contributed by atoms with Crippen LogP contribution in [-0.2, 0) is 19.5 Å². The van der Waals surface area contributed by atoms with Crippen LogP contribution in [0.4, 0.5) is 0 Å². The maximum atomic E-state index is 2.66. The Kier molecular flexibility index (Phi) is 40.1. The quantitative estimate of drug-likeness (QED) is 0.0465. The van der Waals surface area contributed by atoms with Gasteiger partial charge in [-0.2, -0.15) is 0 Å². The average Bonchev–Trinajstić information content (AvgIpc) is 3.55. The van der Waals surface area contributed by atoms with E-state index in [0.717, 1.165) is 0 Å². The van der Waals surface area contributed by atoms with Crippen molar-refractivity contribution in [3.8, 4) is 0 Å². The summed E-state index contributed by atoms with van der Waals surface area (Å²) in [4.78, 5) is 0. The van der Waals surface area contributed by atoms with E-state index in [-0.39, 0.29) is 0 Å². The molecule has 1 aromatic heterocycles. The highest BCUT2D eigenvalue weighted by atomic mass is 15.1. The number of aromatic nitrogens is 2. The maximum absolute atomic E-state index is 2.66. The average molecular weight is 742 g/mol. The molecule has 2 heteroatoms. The van der Waals surface area contributed by atoms with Gasteiger partial charge < -0.3 is 0 Å². The predicted octanol–water partition coefficient (Wildman–Crippen LogP) is 17.8. The Hall–Kier alpha value is -0.790. The third kappa shape index (κ3) is 34.2. The standard InChI is InChI=1S/C51H101N2/c1-4-7-10-13-16-19-22-24-26-28-30-33-36-39-42-45-48-53-50-49-52(51(53)46-43-40-37-34-31-21-18-15-12-9-6-3)47-44-41-38-35-32-29-27-25-23-20-17-14-11-8-5-2/h49-50H,4-48H2,1-3H3/q+1. The highest BCUT2D eigenvalue weighted by Gasteiger charge is 2.16. The second-order valence-corrected chi connectivity index (χ2v) is 17.6. The first-order chi connectivity index (χ1) is 26.3. The van der Waals surface area contributed by atoms with Gasteiger partial charge in [-0.25, -0.2) is 9.13 Å². The predicted molar refractivity (Wildman–Crippen MR) is 239 cm³/mol. The summed E-state index contributed by atoms with van der Waals surface area (Å²) in [5, 5.41) is 0. The van der Waals surface area contributed by atoms with Gasteiger partial charge in [0, 0.05) is 6.42 Å². The van der Waals surface area contributed by atoms with Gasteiger partial charge in [0.1, 0.15) is 12.4 Å². The lowest BCUT2D eigenvalue weighted by Gasteiger charge is -2.07. The molecule has 0 saturated carbocycles. The van der Waals surface area contributed by atoms with Crippen LogP contribution in [-0.4, -0.2) is 4.57 Å². The first-order valence-corrected chi connectivity index (χ1v) is 25.4. The summed E-state index contributed by atoms with van der Waals surface area (Å²) in [7, 11) is 0. The summed E-state index contributed by atoms with van der Waals surface area (Å²) >= 11 is 0. The molecule has 1 heterocycles. The van der Waals surface area contributed by atoms with Crippen molar-refractivity contribution in [2.45, 2.75) is 310 Å². The van der Waals surface area contributed by atoms with Crippen LogP contribution in [0.1, 0.15) is 296 Å². The topological polar surface area (TPSA) is 8.81 Å². The van der Waals surface area contributed by atoms with E-state index in [0.29, 0.717) is 0 Å². The van der Waals surface area contributed by atoms with E-state index in [1.54, 1.807) is 5.82 Å². The SMILES string of the molecule is CCCCCCCCCCCCCCCCCC[n+]1ccn(CCCCCCCCCCCCCCCCC)c1CCCCCCCCCCCCC. The molecule has 1 rings (SSSR count). The zero-order chi connectivity index (χ0) is 38.0. The van der Waals surface area contributed by atoms with Crippen molar-refractivity contribution in [2.75, 3.05) is 0 Å².